The van der Waals surface area contributed by atoms with Crippen LogP contribution in [0.4, 0.5) is 0 Å². The summed E-state index contributed by atoms with van der Waals surface area (Å²) in [6, 6.07) is 8.49. The number of carbonyl (C=O) groups is 4. The van der Waals surface area contributed by atoms with E-state index in [0.29, 0.717) is 6.42 Å². The number of ether oxygens (including phenoxy) is 1. The van der Waals surface area contributed by atoms with E-state index in [1.165, 1.54) is 18.6 Å². The number of hydrogen-bond donors (Lipinski definition) is 1. The van der Waals surface area contributed by atoms with Gasteiger partial charge in [-0.2, -0.15) is 0 Å². The number of ketones is 1. The summed E-state index contributed by atoms with van der Waals surface area (Å²) < 4.78 is 16.6. The second-order valence-electron chi connectivity index (χ2n) is 11.1. The lowest BCUT2D eigenvalue weighted by Gasteiger charge is -2.23. The summed E-state index contributed by atoms with van der Waals surface area (Å²) >= 11 is 0. The van der Waals surface area contributed by atoms with E-state index in [-0.39, 0.29) is 36.7 Å². The highest BCUT2D eigenvalue weighted by Crippen LogP contribution is 2.32. The zero-order valence-corrected chi connectivity index (χ0v) is 23.1. The summed E-state index contributed by atoms with van der Waals surface area (Å²) in [5.41, 5.74) is 0.270. The van der Waals surface area contributed by atoms with E-state index in [1.54, 1.807) is 20.8 Å². The number of hydrogen-bond acceptors (Lipinski definition) is 9. The van der Waals surface area contributed by atoms with Gasteiger partial charge in [-0.15, -0.1) is 0 Å². The van der Waals surface area contributed by atoms with Crippen molar-refractivity contribution in [2.24, 2.45) is 5.92 Å². The van der Waals surface area contributed by atoms with Crippen LogP contribution in [0.5, 0.6) is 0 Å². The number of Topliss-reactive ketones (excluding diaryl/α,β-unsaturated/α-hetero) is 1. The van der Waals surface area contributed by atoms with Crippen LogP contribution in [0, 0.1) is 5.92 Å². The SMILES string of the molecule is CC(C)C[C@H](CC(=O)[C@H](Cc1ccccc1)NC(=O)c1cnccn1)B1OC(=O)[C@@H](CC(=O)OC(C)(C)C)O1. The van der Waals surface area contributed by atoms with E-state index in [0.717, 1.165) is 5.56 Å². The van der Waals surface area contributed by atoms with Gasteiger partial charge in [-0.25, -0.2) is 4.98 Å². The second-order valence-corrected chi connectivity index (χ2v) is 11.1. The number of carbonyl (C=O) groups excluding carboxylic acids is 4. The molecule has 2 heterocycles. The van der Waals surface area contributed by atoms with Crippen molar-refractivity contribution in [2.45, 2.75) is 83.9 Å². The smallest absolute Gasteiger partial charge is 0.507 e. The number of rotatable bonds is 12. The normalized spacial score (nSPS) is 16.9. The molecule has 0 saturated carbocycles. The van der Waals surface area contributed by atoms with Crippen molar-refractivity contribution in [3.8, 4) is 0 Å². The van der Waals surface area contributed by atoms with Gasteiger partial charge in [-0.3, -0.25) is 24.2 Å². The molecular weight excluding hydrogens is 501 g/mol. The van der Waals surface area contributed by atoms with Crippen LogP contribution in [-0.2, 0) is 34.9 Å². The number of aromatic nitrogens is 2. The number of benzene rings is 1. The lowest BCUT2D eigenvalue weighted by Crippen LogP contribution is -2.44. The molecule has 0 bridgehead atoms. The summed E-state index contributed by atoms with van der Waals surface area (Å²) in [6.07, 6.45) is 3.60. The molecule has 2 aromatic rings. The van der Waals surface area contributed by atoms with Crippen molar-refractivity contribution >= 4 is 30.7 Å². The van der Waals surface area contributed by atoms with Crippen LogP contribution >= 0.6 is 0 Å². The van der Waals surface area contributed by atoms with Gasteiger partial charge in [0.25, 0.3) is 5.91 Å². The maximum atomic E-state index is 13.6. The van der Waals surface area contributed by atoms with Gasteiger partial charge in [0.1, 0.15) is 11.3 Å². The standard InChI is InChI=1S/C28H36BN3O7/c1-18(2)13-20(29-38-24(27(36)39-29)16-25(34)37-28(3,4)5)15-23(33)21(14-19-9-7-6-8-10-19)32-26(35)22-17-30-11-12-31-22/h6-12,17-18,20-21,24H,13-16H2,1-5H3,(H,32,35)/t20-,21+,24-/m1/s1. The zero-order chi connectivity index (χ0) is 28.6. The minimum atomic E-state index is -1.11. The molecule has 1 aromatic carbocycles. The second kappa shape index (κ2) is 13.5. The quantitative estimate of drug-likeness (QED) is 0.320. The third-order valence-corrected chi connectivity index (χ3v) is 5.96. The molecule has 11 heteroatoms. The number of nitrogens with one attached hydrogen (secondary N) is 1. The first-order chi connectivity index (χ1) is 18.4. The molecule has 1 saturated heterocycles. The highest BCUT2D eigenvalue weighted by molar-refractivity contribution is 6.51. The van der Waals surface area contributed by atoms with Crippen LogP contribution < -0.4 is 5.32 Å². The molecule has 1 aliphatic heterocycles. The van der Waals surface area contributed by atoms with Gasteiger partial charge < -0.3 is 19.4 Å². The Morgan fingerprint density at radius 1 is 1.13 bits per heavy atom. The molecule has 0 unspecified atom stereocenters. The fourth-order valence-corrected chi connectivity index (χ4v) is 4.35. The third-order valence-electron chi connectivity index (χ3n) is 5.96. The van der Waals surface area contributed by atoms with Crippen molar-refractivity contribution in [1.29, 1.82) is 0 Å². The first-order valence-electron chi connectivity index (χ1n) is 13.1. The fraction of sp³-hybridized carbons (Fsp3) is 0.500. The van der Waals surface area contributed by atoms with Gasteiger partial charge in [0.05, 0.1) is 18.7 Å². The summed E-state index contributed by atoms with van der Waals surface area (Å²) in [5, 5.41) is 2.80. The van der Waals surface area contributed by atoms with Crippen molar-refractivity contribution in [3.05, 3.63) is 60.2 Å². The average Bonchev–Trinajstić information content (AvgIpc) is 3.22. The number of amides is 1. The molecule has 1 N–H and O–H groups in total. The Labute approximate surface area is 229 Å². The predicted molar refractivity (Wildman–Crippen MR) is 143 cm³/mol. The van der Waals surface area contributed by atoms with E-state index in [4.69, 9.17) is 14.0 Å². The Bertz CT molecular complexity index is 1140. The molecule has 208 valence electrons. The van der Waals surface area contributed by atoms with Crippen LogP contribution in [0.15, 0.2) is 48.9 Å². The summed E-state index contributed by atoms with van der Waals surface area (Å²) in [6.45, 7) is 9.19. The topological polar surface area (TPSA) is 134 Å². The molecule has 0 radical (unpaired) electrons. The predicted octanol–water partition coefficient (Wildman–Crippen LogP) is 3.36. The molecule has 3 rings (SSSR count). The number of nitrogens with zero attached hydrogens (tertiary/aromatic N) is 2. The molecule has 3 atom stereocenters. The van der Waals surface area contributed by atoms with E-state index >= 15 is 0 Å². The van der Waals surface area contributed by atoms with Gasteiger partial charge in [0, 0.05) is 24.6 Å². The molecule has 0 spiro atoms. The Hall–Kier alpha value is -3.60. The minimum Gasteiger partial charge on any atom is -0.507 e. The van der Waals surface area contributed by atoms with Crippen LogP contribution in [0.1, 0.15) is 69.9 Å². The van der Waals surface area contributed by atoms with Crippen LogP contribution in [-0.4, -0.2) is 58.5 Å². The number of esters is 1. The van der Waals surface area contributed by atoms with E-state index < -0.39 is 48.5 Å². The average molecular weight is 537 g/mol. The van der Waals surface area contributed by atoms with Crippen LogP contribution in [0.3, 0.4) is 0 Å². The van der Waals surface area contributed by atoms with Crippen LogP contribution in [0.2, 0.25) is 5.82 Å². The minimum absolute atomic E-state index is 0.00642. The summed E-state index contributed by atoms with van der Waals surface area (Å²) in [7, 11) is -0.996. The molecular formula is C28H36BN3O7. The van der Waals surface area contributed by atoms with E-state index in [1.807, 2.05) is 44.2 Å². The monoisotopic (exact) mass is 537 g/mol. The highest BCUT2D eigenvalue weighted by Gasteiger charge is 2.47. The maximum absolute atomic E-state index is 13.6. The van der Waals surface area contributed by atoms with E-state index in [2.05, 4.69) is 15.3 Å². The first-order valence-corrected chi connectivity index (χ1v) is 13.1. The Morgan fingerprint density at radius 3 is 2.46 bits per heavy atom. The first kappa shape index (κ1) is 30.0. The Kier molecular flexibility index (Phi) is 10.3. The Morgan fingerprint density at radius 2 is 1.85 bits per heavy atom. The van der Waals surface area contributed by atoms with Crippen molar-refractivity contribution in [2.75, 3.05) is 0 Å². The van der Waals surface area contributed by atoms with Gasteiger partial charge in [0.2, 0.25) is 0 Å². The van der Waals surface area contributed by atoms with Crippen LogP contribution in [0.25, 0.3) is 0 Å². The van der Waals surface area contributed by atoms with E-state index in [9.17, 15) is 19.2 Å². The molecule has 0 aliphatic carbocycles. The zero-order valence-electron chi connectivity index (χ0n) is 23.1. The lowest BCUT2D eigenvalue weighted by atomic mass is 9.65. The largest absolute Gasteiger partial charge is 0.531 e. The lowest BCUT2D eigenvalue weighted by molar-refractivity contribution is -0.158. The molecule has 1 aromatic heterocycles. The summed E-state index contributed by atoms with van der Waals surface area (Å²) in [5.74, 6) is -2.30. The molecule has 1 aliphatic rings. The van der Waals surface area contributed by atoms with Gasteiger partial charge in [0.15, 0.2) is 11.9 Å². The maximum Gasteiger partial charge on any atom is 0.531 e. The van der Waals surface area contributed by atoms with Crippen molar-refractivity contribution < 1.29 is 33.2 Å². The highest BCUT2D eigenvalue weighted by atomic mass is 16.7. The molecule has 1 amide bonds. The van der Waals surface area contributed by atoms with Gasteiger partial charge in [-0.1, -0.05) is 44.2 Å². The fourth-order valence-electron chi connectivity index (χ4n) is 4.35. The van der Waals surface area contributed by atoms with Gasteiger partial charge in [-0.05, 0) is 45.1 Å². The van der Waals surface area contributed by atoms with Gasteiger partial charge >= 0.3 is 19.1 Å². The molecule has 1 fully saturated rings. The van der Waals surface area contributed by atoms with Crippen molar-refractivity contribution in [3.63, 3.8) is 0 Å². The van der Waals surface area contributed by atoms with Crippen molar-refractivity contribution in [1.82, 2.24) is 15.3 Å². The Balaban J connectivity index is 1.74. The summed E-state index contributed by atoms with van der Waals surface area (Å²) in [4.78, 5) is 59.2. The third kappa shape index (κ3) is 9.58. The molecule has 10 nitrogen and oxygen atoms in total. The molecule has 39 heavy (non-hydrogen) atoms.